The van der Waals surface area contributed by atoms with E-state index in [-0.39, 0.29) is 12.5 Å². The van der Waals surface area contributed by atoms with Gasteiger partial charge < -0.3 is 10.0 Å². The number of aliphatic carboxylic acids is 1. The van der Waals surface area contributed by atoms with Crippen molar-refractivity contribution in [1.82, 2.24) is 19.7 Å². The average molecular weight is 328 g/mol. The SMILES string of the molecule is CC1(C(=O)O)CCN(C(=O)CCc2nncn2-c2ccccc2)C1. The van der Waals surface area contributed by atoms with Crippen LogP contribution in [-0.2, 0) is 16.0 Å². The minimum atomic E-state index is -0.846. The van der Waals surface area contributed by atoms with Gasteiger partial charge in [-0.3, -0.25) is 14.2 Å². The molecule has 1 aliphatic heterocycles. The van der Waals surface area contributed by atoms with Crippen molar-refractivity contribution in [3.63, 3.8) is 0 Å². The van der Waals surface area contributed by atoms with Gasteiger partial charge >= 0.3 is 5.97 Å². The molecule has 126 valence electrons. The molecule has 0 saturated carbocycles. The highest BCUT2D eigenvalue weighted by atomic mass is 16.4. The van der Waals surface area contributed by atoms with Gasteiger partial charge in [-0.15, -0.1) is 10.2 Å². The largest absolute Gasteiger partial charge is 0.481 e. The number of rotatable bonds is 5. The number of carbonyl (C=O) groups excluding carboxylic acids is 1. The van der Waals surface area contributed by atoms with Gasteiger partial charge in [-0.1, -0.05) is 18.2 Å². The molecule has 0 aliphatic carbocycles. The number of para-hydroxylation sites is 1. The zero-order valence-electron chi connectivity index (χ0n) is 13.6. The average Bonchev–Trinajstić information content (AvgIpc) is 3.21. The molecule has 2 heterocycles. The monoisotopic (exact) mass is 328 g/mol. The first kappa shape index (κ1) is 16.2. The van der Waals surface area contributed by atoms with Crippen LogP contribution in [0.3, 0.4) is 0 Å². The molecule has 7 heteroatoms. The second kappa shape index (κ2) is 6.43. The van der Waals surface area contributed by atoms with Gasteiger partial charge in [0.1, 0.15) is 12.2 Å². The van der Waals surface area contributed by atoms with Gasteiger partial charge in [0, 0.05) is 31.6 Å². The van der Waals surface area contributed by atoms with E-state index in [1.54, 1.807) is 18.2 Å². The molecule has 1 fully saturated rings. The van der Waals surface area contributed by atoms with Gasteiger partial charge in [-0.2, -0.15) is 0 Å². The van der Waals surface area contributed by atoms with Crippen molar-refractivity contribution in [2.45, 2.75) is 26.2 Å². The highest BCUT2D eigenvalue weighted by molar-refractivity contribution is 5.80. The summed E-state index contributed by atoms with van der Waals surface area (Å²) >= 11 is 0. The summed E-state index contributed by atoms with van der Waals surface area (Å²) in [5.74, 6) is -0.168. The van der Waals surface area contributed by atoms with E-state index in [1.165, 1.54) is 0 Å². The van der Waals surface area contributed by atoms with Crippen molar-refractivity contribution in [3.8, 4) is 5.69 Å². The predicted molar refractivity (Wildman–Crippen MR) is 86.6 cm³/mol. The van der Waals surface area contributed by atoms with Crippen molar-refractivity contribution in [3.05, 3.63) is 42.5 Å². The van der Waals surface area contributed by atoms with Crippen LogP contribution in [0.4, 0.5) is 0 Å². The molecule has 1 atom stereocenters. The Morgan fingerprint density at radius 3 is 2.71 bits per heavy atom. The van der Waals surface area contributed by atoms with E-state index in [0.717, 1.165) is 11.5 Å². The summed E-state index contributed by atoms with van der Waals surface area (Å²) < 4.78 is 1.86. The van der Waals surface area contributed by atoms with Crippen LogP contribution in [0, 0.1) is 5.41 Å². The zero-order valence-corrected chi connectivity index (χ0v) is 13.6. The van der Waals surface area contributed by atoms with E-state index in [9.17, 15) is 14.7 Å². The molecule has 7 nitrogen and oxygen atoms in total. The minimum absolute atomic E-state index is 0.0393. The predicted octanol–water partition coefficient (Wildman–Crippen LogP) is 1.52. The Bertz CT molecular complexity index is 743. The molecular weight excluding hydrogens is 308 g/mol. The van der Waals surface area contributed by atoms with E-state index in [4.69, 9.17) is 0 Å². The summed E-state index contributed by atoms with van der Waals surface area (Å²) in [7, 11) is 0. The van der Waals surface area contributed by atoms with Crippen molar-refractivity contribution >= 4 is 11.9 Å². The number of carbonyl (C=O) groups is 2. The Balaban J connectivity index is 1.62. The van der Waals surface area contributed by atoms with Crippen molar-refractivity contribution in [1.29, 1.82) is 0 Å². The number of nitrogens with zero attached hydrogens (tertiary/aromatic N) is 4. The molecule has 1 aliphatic rings. The molecule has 24 heavy (non-hydrogen) atoms. The third-order valence-electron chi connectivity index (χ3n) is 4.56. The lowest BCUT2D eigenvalue weighted by Gasteiger charge is -2.20. The van der Waals surface area contributed by atoms with E-state index in [2.05, 4.69) is 10.2 Å². The van der Waals surface area contributed by atoms with Crippen LogP contribution in [0.1, 0.15) is 25.6 Å². The van der Waals surface area contributed by atoms with Gasteiger partial charge in [0.2, 0.25) is 5.91 Å². The zero-order chi connectivity index (χ0) is 17.2. The lowest BCUT2D eigenvalue weighted by atomic mass is 9.90. The molecule has 1 N–H and O–H groups in total. The van der Waals surface area contributed by atoms with Crippen LogP contribution in [0.2, 0.25) is 0 Å². The molecule has 3 rings (SSSR count). The molecular formula is C17H20N4O3. The van der Waals surface area contributed by atoms with Crippen LogP contribution in [-0.4, -0.2) is 49.7 Å². The molecule has 0 bridgehead atoms. The Kier molecular flexibility index (Phi) is 4.33. The second-order valence-corrected chi connectivity index (χ2v) is 6.38. The van der Waals surface area contributed by atoms with E-state index in [0.29, 0.717) is 25.8 Å². The third-order valence-corrected chi connectivity index (χ3v) is 4.56. The number of likely N-dealkylation sites (tertiary alicyclic amines) is 1. The summed E-state index contributed by atoms with van der Waals surface area (Å²) in [6, 6.07) is 9.70. The summed E-state index contributed by atoms with van der Waals surface area (Å²) in [5.41, 5.74) is 0.115. The third kappa shape index (κ3) is 3.15. The quantitative estimate of drug-likeness (QED) is 0.899. The number of aromatic nitrogens is 3. The number of amides is 1. The molecule has 1 aromatic heterocycles. The molecule has 0 spiro atoms. The Hall–Kier alpha value is -2.70. The molecule has 1 amide bonds. The molecule has 2 aromatic rings. The van der Waals surface area contributed by atoms with E-state index in [1.807, 2.05) is 34.9 Å². The van der Waals surface area contributed by atoms with Crippen LogP contribution in [0.5, 0.6) is 0 Å². The highest BCUT2D eigenvalue weighted by Gasteiger charge is 2.41. The first-order chi connectivity index (χ1) is 11.5. The number of hydrogen-bond acceptors (Lipinski definition) is 4. The van der Waals surface area contributed by atoms with Gasteiger partial charge in [0.25, 0.3) is 0 Å². The van der Waals surface area contributed by atoms with Crippen molar-refractivity contribution in [2.75, 3.05) is 13.1 Å². The summed E-state index contributed by atoms with van der Waals surface area (Å²) in [6.07, 6.45) is 2.88. The number of aryl methyl sites for hydroxylation is 1. The number of carboxylic acids is 1. The smallest absolute Gasteiger partial charge is 0.311 e. The van der Waals surface area contributed by atoms with Gasteiger partial charge in [0.15, 0.2) is 0 Å². The molecule has 1 unspecified atom stereocenters. The van der Waals surface area contributed by atoms with E-state index < -0.39 is 11.4 Å². The summed E-state index contributed by atoms with van der Waals surface area (Å²) in [6.45, 7) is 2.45. The number of benzene rings is 1. The second-order valence-electron chi connectivity index (χ2n) is 6.38. The number of carboxylic acid groups (broad SMARTS) is 1. The minimum Gasteiger partial charge on any atom is -0.481 e. The highest BCUT2D eigenvalue weighted by Crippen LogP contribution is 2.30. The Morgan fingerprint density at radius 1 is 1.29 bits per heavy atom. The van der Waals surface area contributed by atoms with Gasteiger partial charge in [-0.25, -0.2) is 0 Å². The lowest BCUT2D eigenvalue weighted by molar-refractivity contribution is -0.147. The molecule has 1 aromatic carbocycles. The molecule has 0 radical (unpaired) electrons. The van der Waals surface area contributed by atoms with Crippen LogP contribution < -0.4 is 0 Å². The maximum absolute atomic E-state index is 12.4. The van der Waals surface area contributed by atoms with E-state index >= 15 is 0 Å². The van der Waals surface area contributed by atoms with Gasteiger partial charge in [-0.05, 0) is 25.5 Å². The lowest BCUT2D eigenvalue weighted by Crippen LogP contribution is -2.35. The normalized spacial score (nSPS) is 20.3. The summed E-state index contributed by atoms with van der Waals surface area (Å²) in [4.78, 5) is 25.3. The van der Waals surface area contributed by atoms with Crippen LogP contribution in [0.15, 0.2) is 36.7 Å². The Labute approximate surface area is 139 Å². The first-order valence-corrected chi connectivity index (χ1v) is 7.95. The fourth-order valence-electron chi connectivity index (χ4n) is 2.96. The fourth-order valence-corrected chi connectivity index (χ4v) is 2.96. The van der Waals surface area contributed by atoms with Crippen LogP contribution >= 0.6 is 0 Å². The maximum Gasteiger partial charge on any atom is 0.311 e. The Morgan fingerprint density at radius 2 is 2.04 bits per heavy atom. The fraction of sp³-hybridized carbons (Fsp3) is 0.412. The number of hydrogen-bond donors (Lipinski definition) is 1. The van der Waals surface area contributed by atoms with Crippen LogP contribution in [0.25, 0.3) is 5.69 Å². The summed E-state index contributed by atoms with van der Waals surface area (Å²) in [5, 5.41) is 17.3. The van der Waals surface area contributed by atoms with Gasteiger partial charge in [0.05, 0.1) is 5.41 Å². The standard InChI is InChI=1S/C17H20N4O3/c1-17(16(23)24)9-10-20(11-17)15(22)8-7-14-19-18-12-21(14)13-5-3-2-4-6-13/h2-6,12H,7-11H2,1H3,(H,23,24). The topological polar surface area (TPSA) is 88.3 Å². The van der Waals surface area contributed by atoms with Crippen molar-refractivity contribution in [2.24, 2.45) is 5.41 Å². The maximum atomic E-state index is 12.4. The first-order valence-electron chi connectivity index (χ1n) is 7.95. The van der Waals surface area contributed by atoms with Crippen molar-refractivity contribution < 1.29 is 14.7 Å². The molecule has 1 saturated heterocycles.